The summed E-state index contributed by atoms with van der Waals surface area (Å²) >= 11 is 1.43. The molecule has 0 saturated heterocycles. The number of carbonyl (C=O) groups excluding carboxylic acids is 3. The summed E-state index contributed by atoms with van der Waals surface area (Å²) in [6.07, 6.45) is 3.35. The Bertz CT molecular complexity index is 1500. The molecule has 10 heteroatoms. The molecule has 3 atom stereocenters. The average Bonchev–Trinajstić information content (AvgIpc) is 3.48. The smallest absolute Gasteiger partial charge is 0.338 e. The van der Waals surface area contributed by atoms with E-state index in [1.807, 2.05) is 17.5 Å². The van der Waals surface area contributed by atoms with Gasteiger partial charge in [0.25, 0.3) is 0 Å². The standard InChI is InChI=1S/C30H28FN3O5S/c1-3-38-29(36)24-20(22-11-7-13-40-22)15-21-25(27(24)35)23(17-8-6-12-33-16-17)26(30(37)39-4-2)28(32)34(21)19-10-5-9-18(31)14-19/h5-14,16,20,23-24H,3-4,15,32H2,1-2H3/t20-,23+,24-/m1/s1. The number of Topliss-reactive ketones (excluding diaryl/α,β-unsaturated/α-hetero) is 1. The Morgan fingerprint density at radius 1 is 1.12 bits per heavy atom. The van der Waals surface area contributed by atoms with Gasteiger partial charge in [-0.3, -0.25) is 19.5 Å². The number of rotatable bonds is 7. The molecule has 0 spiro atoms. The number of thiophene rings is 1. The van der Waals surface area contributed by atoms with Gasteiger partial charge in [0.15, 0.2) is 5.78 Å². The third-order valence-corrected chi connectivity index (χ3v) is 8.07. The molecule has 40 heavy (non-hydrogen) atoms. The fourth-order valence-electron chi connectivity index (χ4n) is 5.50. The van der Waals surface area contributed by atoms with Crippen LogP contribution < -0.4 is 10.6 Å². The number of pyridine rings is 1. The lowest BCUT2D eigenvalue weighted by atomic mass is 9.68. The van der Waals surface area contributed by atoms with Gasteiger partial charge in [-0.05, 0) is 61.5 Å². The van der Waals surface area contributed by atoms with Gasteiger partial charge in [-0.2, -0.15) is 0 Å². The Hall–Kier alpha value is -4.31. The first-order valence-electron chi connectivity index (χ1n) is 13.0. The zero-order chi connectivity index (χ0) is 28.4. The maximum absolute atomic E-state index is 14.6. The number of hydrogen-bond donors (Lipinski definition) is 1. The molecule has 5 rings (SSSR count). The van der Waals surface area contributed by atoms with Crippen molar-refractivity contribution in [3.63, 3.8) is 0 Å². The van der Waals surface area contributed by atoms with E-state index in [1.54, 1.807) is 44.4 Å². The molecule has 8 nitrogen and oxygen atoms in total. The van der Waals surface area contributed by atoms with Crippen molar-refractivity contribution in [3.05, 3.63) is 105 Å². The van der Waals surface area contributed by atoms with Crippen molar-refractivity contribution in [2.45, 2.75) is 32.1 Å². The molecule has 2 N–H and O–H groups in total. The predicted molar refractivity (Wildman–Crippen MR) is 148 cm³/mol. The number of carbonyl (C=O) groups is 3. The van der Waals surface area contributed by atoms with E-state index in [0.717, 1.165) is 4.88 Å². The highest BCUT2D eigenvalue weighted by Crippen LogP contribution is 2.52. The van der Waals surface area contributed by atoms with Crippen LogP contribution in [0.15, 0.2) is 89.0 Å². The topological polar surface area (TPSA) is 112 Å². The van der Waals surface area contributed by atoms with E-state index in [2.05, 4.69) is 4.98 Å². The van der Waals surface area contributed by atoms with Gasteiger partial charge in [-0.1, -0.05) is 18.2 Å². The van der Waals surface area contributed by atoms with E-state index in [1.165, 1.54) is 34.4 Å². The van der Waals surface area contributed by atoms with Gasteiger partial charge in [0.1, 0.15) is 17.6 Å². The number of nitrogens with zero attached hydrogens (tertiary/aromatic N) is 2. The summed E-state index contributed by atoms with van der Waals surface area (Å²) in [5, 5.41) is 1.88. The van der Waals surface area contributed by atoms with Gasteiger partial charge in [0, 0.05) is 34.5 Å². The molecule has 0 amide bonds. The molecule has 1 aliphatic carbocycles. The van der Waals surface area contributed by atoms with Crippen molar-refractivity contribution in [3.8, 4) is 0 Å². The SMILES string of the molecule is CCOC(=O)C1=C(N)N(c2cccc(F)c2)C2=C(C(=O)[C@H](C(=O)OCC)[C@@H](c3cccs3)C2)[C@@H]1c1cccnc1. The predicted octanol–water partition coefficient (Wildman–Crippen LogP) is 4.81. The maximum Gasteiger partial charge on any atom is 0.338 e. The van der Waals surface area contributed by atoms with Gasteiger partial charge < -0.3 is 15.2 Å². The summed E-state index contributed by atoms with van der Waals surface area (Å²) in [5.41, 5.74) is 8.33. The van der Waals surface area contributed by atoms with E-state index >= 15 is 0 Å². The van der Waals surface area contributed by atoms with Crippen LogP contribution in [-0.4, -0.2) is 35.9 Å². The van der Waals surface area contributed by atoms with Crippen molar-refractivity contribution in [1.29, 1.82) is 0 Å². The summed E-state index contributed by atoms with van der Waals surface area (Å²) in [6.45, 7) is 3.53. The minimum absolute atomic E-state index is 0.0170. The second kappa shape index (κ2) is 11.4. The number of hydrogen-bond acceptors (Lipinski definition) is 9. The molecule has 1 aromatic carbocycles. The van der Waals surface area contributed by atoms with E-state index < -0.39 is 41.3 Å². The number of benzene rings is 1. The van der Waals surface area contributed by atoms with E-state index in [4.69, 9.17) is 15.2 Å². The van der Waals surface area contributed by atoms with Crippen LogP contribution in [0, 0.1) is 11.7 Å². The molecule has 0 bridgehead atoms. The number of ketones is 1. The molecule has 3 heterocycles. The zero-order valence-electron chi connectivity index (χ0n) is 22.0. The number of ether oxygens (including phenoxy) is 2. The number of aromatic nitrogens is 1. The first kappa shape index (κ1) is 27.3. The molecular weight excluding hydrogens is 533 g/mol. The van der Waals surface area contributed by atoms with Crippen molar-refractivity contribution in [1.82, 2.24) is 4.98 Å². The van der Waals surface area contributed by atoms with Crippen LogP contribution in [0.4, 0.5) is 10.1 Å². The van der Waals surface area contributed by atoms with Crippen LogP contribution in [0.2, 0.25) is 0 Å². The molecule has 1 aliphatic heterocycles. The number of allylic oxidation sites excluding steroid dienone is 2. The van der Waals surface area contributed by atoms with Crippen LogP contribution in [0.3, 0.4) is 0 Å². The molecule has 0 saturated carbocycles. The quantitative estimate of drug-likeness (QED) is 0.323. The minimum Gasteiger partial charge on any atom is -0.465 e. The van der Waals surface area contributed by atoms with Gasteiger partial charge in [-0.25, -0.2) is 9.18 Å². The van der Waals surface area contributed by atoms with Gasteiger partial charge >= 0.3 is 11.9 Å². The van der Waals surface area contributed by atoms with Crippen LogP contribution >= 0.6 is 11.3 Å². The lowest BCUT2D eigenvalue weighted by molar-refractivity contribution is -0.152. The monoisotopic (exact) mass is 561 g/mol. The normalized spacial score (nSPS) is 20.8. The summed E-state index contributed by atoms with van der Waals surface area (Å²) in [6, 6.07) is 12.9. The number of esters is 2. The highest BCUT2D eigenvalue weighted by molar-refractivity contribution is 7.10. The highest BCUT2D eigenvalue weighted by atomic mass is 32.1. The summed E-state index contributed by atoms with van der Waals surface area (Å²) in [7, 11) is 0. The first-order valence-corrected chi connectivity index (χ1v) is 13.8. The van der Waals surface area contributed by atoms with Crippen LogP contribution in [-0.2, 0) is 23.9 Å². The lowest BCUT2D eigenvalue weighted by Gasteiger charge is -2.43. The molecule has 0 radical (unpaired) electrons. The summed E-state index contributed by atoms with van der Waals surface area (Å²) in [5.74, 6) is -4.99. The van der Waals surface area contributed by atoms with Gasteiger partial charge in [-0.15, -0.1) is 11.3 Å². The van der Waals surface area contributed by atoms with Crippen molar-refractivity contribution < 1.29 is 28.2 Å². The molecule has 2 aliphatic rings. The van der Waals surface area contributed by atoms with Crippen LogP contribution in [0.25, 0.3) is 0 Å². The molecule has 2 aromatic heterocycles. The van der Waals surface area contributed by atoms with Gasteiger partial charge in [0.2, 0.25) is 0 Å². The van der Waals surface area contributed by atoms with E-state index in [-0.39, 0.29) is 36.6 Å². The van der Waals surface area contributed by atoms with Crippen LogP contribution in [0.5, 0.6) is 0 Å². The zero-order valence-corrected chi connectivity index (χ0v) is 22.8. The Morgan fingerprint density at radius 3 is 2.58 bits per heavy atom. The van der Waals surface area contributed by atoms with E-state index in [9.17, 15) is 18.8 Å². The largest absolute Gasteiger partial charge is 0.465 e. The highest BCUT2D eigenvalue weighted by Gasteiger charge is 2.51. The molecular formula is C30H28FN3O5S. The Kier molecular flexibility index (Phi) is 7.79. The second-order valence-corrected chi connectivity index (χ2v) is 10.3. The maximum atomic E-state index is 14.6. The number of nitrogens with two attached hydrogens (primary N) is 1. The van der Waals surface area contributed by atoms with Gasteiger partial charge in [0.05, 0.1) is 30.4 Å². The van der Waals surface area contributed by atoms with Crippen molar-refractivity contribution >= 4 is 34.7 Å². The molecule has 3 aromatic rings. The Labute approximate surface area is 234 Å². The minimum atomic E-state index is -1.14. The third kappa shape index (κ3) is 4.79. The first-order chi connectivity index (χ1) is 19.4. The average molecular weight is 562 g/mol. The third-order valence-electron chi connectivity index (χ3n) is 7.07. The van der Waals surface area contributed by atoms with Crippen molar-refractivity contribution in [2.75, 3.05) is 18.1 Å². The van der Waals surface area contributed by atoms with Crippen LogP contribution in [0.1, 0.15) is 42.5 Å². The number of halogens is 1. The Balaban J connectivity index is 1.81. The molecule has 0 fully saturated rings. The second-order valence-electron chi connectivity index (χ2n) is 9.33. The number of anilines is 1. The fraction of sp³-hybridized carbons (Fsp3) is 0.267. The molecule has 206 valence electrons. The summed E-state index contributed by atoms with van der Waals surface area (Å²) in [4.78, 5) is 48.0. The molecule has 0 unspecified atom stereocenters. The summed E-state index contributed by atoms with van der Waals surface area (Å²) < 4.78 is 25.3. The van der Waals surface area contributed by atoms with Crippen molar-refractivity contribution in [2.24, 2.45) is 11.7 Å². The lowest BCUT2D eigenvalue weighted by Crippen LogP contribution is -2.46. The Morgan fingerprint density at radius 2 is 1.93 bits per heavy atom. The van der Waals surface area contributed by atoms with E-state index in [0.29, 0.717) is 16.9 Å². The fourth-order valence-corrected chi connectivity index (χ4v) is 6.36.